The van der Waals surface area contributed by atoms with Gasteiger partial charge in [-0.15, -0.1) is 11.3 Å². The highest BCUT2D eigenvalue weighted by Gasteiger charge is 2.22. The van der Waals surface area contributed by atoms with Gasteiger partial charge in [0.1, 0.15) is 0 Å². The van der Waals surface area contributed by atoms with E-state index < -0.39 is 0 Å². The first-order valence-electron chi connectivity index (χ1n) is 4.77. The van der Waals surface area contributed by atoms with Gasteiger partial charge in [0.2, 0.25) is 0 Å². The van der Waals surface area contributed by atoms with Gasteiger partial charge in [0.05, 0.1) is 0 Å². The third-order valence-corrected chi connectivity index (χ3v) is 3.43. The van der Waals surface area contributed by atoms with E-state index in [1.807, 2.05) is 18.4 Å². The van der Waals surface area contributed by atoms with Crippen molar-refractivity contribution >= 4 is 11.3 Å². The first kappa shape index (κ1) is 10.7. The third kappa shape index (κ3) is 2.55. The number of nitrogens with one attached hydrogen (secondary N) is 1. The van der Waals surface area contributed by atoms with Crippen molar-refractivity contribution < 1.29 is 0 Å². The van der Waals surface area contributed by atoms with Crippen molar-refractivity contribution in [2.75, 3.05) is 13.6 Å². The molecule has 1 nitrogen and oxygen atoms in total. The minimum atomic E-state index is 0.313. The fourth-order valence-electron chi connectivity index (χ4n) is 1.66. The molecule has 13 heavy (non-hydrogen) atoms. The highest BCUT2D eigenvalue weighted by molar-refractivity contribution is 7.10. The van der Waals surface area contributed by atoms with E-state index in [0.29, 0.717) is 5.41 Å². The summed E-state index contributed by atoms with van der Waals surface area (Å²) in [4.78, 5) is 1.46. The Morgan fingerprint density at radius 1 is 1.46 bits per heavy atom. The second-order valence-corrected chi connectivity index (χ2v) is 5.25. The molecule has 0 amide bonds. The van der Waals surface area contributed by atoms with Gasteiger partial charge in [0.15, 0.2) is 0 Å². The van der Waals surface area contributed by atoms with Crippen molar-refractivity contribution in [3.8, 4) is 0 Å². The smallest absolute Gasteiger partial charge is 0.00516 e. The van der Waals surface area contributed by atoms with Crippen molar-refractivity contribution in [3.63, 3.8) is 0 Å². The van der Waals surface area contributed by atoms with Crippen LogP contribution in [0.4, 0.5) is 0 Å². The van der Waals surface area contributed by atoms with Crippen LogP contribution in [-0.4, -0.2) is 13.6 Å². The van der Waals surface area contributed by atoms with Crippen LogP contribution in [0.2, 0.25) is 0 Å². The van der Waals surface area contributed by atoms with Crippen LogP contribution in [0, 0.1) is 6.92 Å². The molecule has 0 aromatic carbocycles. The monoisotopic (exact) mass is 197 g/mol. The lowest BCUT2D eigenvalue weighted by Crippen LogP contribution is -2.23. The Hall–Kier alpha value is -0.340. The van der Waals surface area contributed by atoms with Crippen LogP contribution in [-0.2, 0) is 5.41 Å². The molecule has 1 rings (SSSR count). The lowest BCUT2D eigenvalue weighted by atomic mass is 9.82. The van der Waals surface area contributed by atoms with Gasteiger partial charge < -0.3 is 5.32 Å². The minimum absolute atomic E-state index is 0.313. The van der Waals surface area contributed by atoms with E-state index in [2.05, 4.69) is 37.5 Å². The number of thiophene rings is 1. The maximum Gasteiger partial charge on any atom is 0.00516 e. The molecule has 0 saturated heterocycles. The molecule has 1 N–H and O–H groups in total. The zero-order chi connectivity index (χ0) is 9.90. The maximum atomic E-state index is 3.21. The molecule has 0 aliphatic carbocycles. The van der Waals surface area contributed by atoms with Crippen molar-refractivity contribution in [2.24, 2.45) is 0 Å². The molecule has 74 valence electrons. The standard InChI is InChI=1S/C11H19NS/c1-9-10(5-8-13-9)11(2,3)6-7-12-4/h5,8,12H,6-7H2,1-4H3. The molecular formula is C11H19NS. The molecule has 0 aliphatic heterocycles. The molecule has 0 radical (unpaired) electrons. The molecule has 0 bridgehead atoms. The van der Waals surface area contributed by atoms with Gasteiger partial charge in [0.25, 0.3) is 0 Å². The molecule has 0 unspecified atom stereocenters. The predicted octanol–water partition coefficient (Wildman–Crippen LogP) is 2.94. The lowest BCUT2D eigenvalue weighted by molar-refractivity contribution is 0.468. The van der Waals surface area contributed by atoms with E-state index in [-0.39, 0.29) is 0 Å². The van der Waals surface area contributed by atoms with E-state index in [0.717, 1.165) is 6.54 Å². The molecule has 0 atom stereocenters. The first-order chi connectivity index (χ1) is 6.08. The number of aryl methyl sites for hydroxylation is 1. The molecule has 0 spiro atoms. The summed E-state index contributed by atoms with van der Waals surface area (Å²) in [5.41, 5.74) is 1.82. The van der Waals surface area contributed by atoms with Gasteiger partial charge in [-0.3, -0.25) is 0 Å². The summed E-state index contributed by atoms with van der Waals surface area (Å²) in [5, 5.41) is 5.39. The zero-order valence-corrected chi connectivity index (χ0v) is 9.79. The summed E-state index contributed by atoms with van der Waals surface area (Å²) >= 11 is 1.84. The van der Waals surface area contributed by atoms with Crippen molar-refractivity contribution in [2.45, 2.75) is 32.6 Å². The largest absolute Gasteiger partial charge is 0.320 e. The summed E-state index contributed by atoms with van der Waals surface area (Å²) in [5.74, 6) is 0. The summed E-state index contributed by atoms with van der Waals surface area (Å²) in [6.07, 6.45) is 1.20. The summed E-state index contributed by atoms with van der Waals surface area (Å²) < 4.78 is 0. The fourth-order valence-corrected chi connectivity index (χ4v) is 2.54. The third-order valence-electron chi connectivity index (χ3n) is 2.59. The van der Waals surface area contributed by atoms with Crippen LogP contribution in [0.3, 0.4) is 0 Å². The predicted molar refractivity (Wildman–Crippen MR) is 60.6 cm³/mol. The molecular weight excluding hydrogens is 178 g/mol. The molecule has 0 aliphatic rings. The second kappa shape index (κ2) is 4.25. The zero-order valence-electron chi connectivity index (χ0n) is 8.98. The Morgan fingerprint density at radius 2 is 2.15 bits per heavy atom. The number of rotatable bonds is 4. The topological polar surface area (TPSA) is 12.0 Å². The Labute approximate surface area is 85.2 Å². The van der Waals surface area contributed by atoms with Gasteiger partial charge in [-0.25, -0.2) is 0 Å². The quantitative estimate of drug-likeness (QED) is 0.782. The highest BCUT2D eigenvalue weighted by Crippen LogP contribution is 2.31. The molecule has 0 fully saturated rings. The Kier molecular flexibility index (Phi) is 3.51. The number of hydrogen-bond acceptors (Lipinski definition) is 2. The Balaban J connectivity index is 2.74. The highest BCUT2D eigenvalue weighted by atomic mass is 32.1. The van der Waals surface area contributed by atoms with E-state index >= 15 is 0 Å². The van der Waals surface area contributed by atoms with Crippen molar-refractivity contribution in [1.29, 1.82) is 0 Å². The van der Waals surface area contributed by atoms with Gasteiger partial charge in [-0.1, -0.05) is 13.8 Å². The minimum Gasteiger partial charge on any atom is -0.320 e. The lowest BCUT2D eigenvalue weighted by Gasteiger charge is -2.24. The molecule has 0 saturated carbocycles. The Bertz CT molecular complexity index is 263. The molecule has 1 aromatic heterocycles. The van der Waals surface area contributed by atoms with Crippen LogP contribution in [0.1, 0.15) is 30.7 Å². The first-order valence-corrected chi connectivity index (χ1v) is 5.65. The van der Waals surface area contributed by atoms with E-state index in [9.17, 15) is 0 Å². The van der Waals surface area contributed by atoms with Crippen molar-refractivity contribution in [3.05, 3.63) is 21.9 Å². The Morgan fingerprint density at radius 3 is 2.62 bits per heavy atom. The molecule has 1 heterocycles. The average molecular weight is 197 g/mol. The van der Waals surface area contributed by atoms with Gasteiger partial charge in [-0.05, 0) is 49.4 Å². The molecule has 2 heteroatoms. The van der Waals surface area contributed by atoms with E-state index in [4.69, 9.17) is 0 Å². The summed E-state index contributed by atoms with van der Waals surface area (Å²) in [7, 11) is 2.01. The van der Waals surface area contributed by atoms with Crippen molar-refractivity contribution in [1.82, 2.24) is 5.32 Å². The van der Waals surface area contributed by atoms with Gasteiger partial charge >= 0.3 is 0 Å². The van der Waals surface area contributed by atoms with Crippen LogP contribution in [0.5, 0.6) is 0 Å². The fraction of sp³-hybridized carbons (Fsp3) is 0.636. The molecule has 1 aromatic rings. The summed E-state index contributed by atoms with van der Waals surface area (Å²) in [6.45, 7) is 7.93. The average Bonchev–Trinajstić information content (AvgIpc) is 2.48. The van der Waals surface area contributed by atoms with Gasteiger partial charge in [-0.2, -0.15) is 0 Å². The second-order valence-electron chi connectivity index (χ2n) is 4.13. The van der Waals surface area contributed by atoms with Crippen LogP contribution in [0.25, 0.3) is 0 Å². The van der Waals surface area contributed by atoms with Crippen LogP contribution < -0.4 is 5.32 Å². The van der Waals surface area contributed by atoms with Crippen LogP contribution >= 0.6 is 11.3 Å². The van der Waals surface area contributed by atoms with Crippen LogP contribution in [0.15, 0.2) is 11.4 Å². The SMILES string of the molecule is CNCCC(C)(C)c1ccsc1C. The van der Waals surface area contributed by atoms with E-state index in [1.54, 1.807) is 0 Å². The van der Waals surface area contributed by atoms with E-state index in [1.165, 1.54) is 16.9 Å². The maximum absolute atomic E-state index is 3.21. The summed E-state index contributed by atoms with van der Waals surface area (Å²) in [6, 6.07) is 2.26. The number of hydrogen-bond donors (Lipinski definition) is 1. The van der Waals surface area contributed by atoms with Gasteiger partial charge in [0, 0.05) is 4.88 Å². The normalized spacial score (nSPS) is 12.0.